The Morgan fingerprint density at radius 1 is 1.58 bits per heavy atom. The van der Waals surface area contributed by atoms with Crippen molar-refractivity contribution in [2.75, 3.05) is 20.2 Å². The van der Waals surface area contributed by atoms with Crippen LogP contribution in [0.4, 0.5) is 0 Å². The number of methoxy groups -OCH3 is 1. The van der Waals surface area contributed by atoms with E-state index in [0.29, 0.717) is 12.5 Å². The van der Waals surface area contributed by atoms with Gasteiger partial charge in [0.05, 0.1) is 6.10 Å². The molecule has 0 bridgehead atoms. The maximum Gasteiger partial charge on any atom is 0.293 e. The minimum Gasteiger partial charge on any atom is -0.379 e. The van der Waals surface area contributed by atoms with Crippen LogP contribution in [0.5, 0.6) is 0 Å². The maximum absolute atomic E-state index is 12.3. The summed E-state index contributed by atoms with van der Waals surface area (Å²) in [6.45, 7) is 5.59. The van der Waals surface area contributed by atoms with E-state index in [0.717, 1.165) is 31.6 Å². The summed E-state index contributed by atoms with van der Waals surface area (Å²) in [5, 5.41) is 6.83. The Bertz CT molecular complexity index is 432. The Hall–Kier alpha value is -1.43. The first-order chi connectivity index (χ1) is 9.15. The van der Waals surface area contributed by atoms with Crippen LogP contribution in [0.15, 0.2) is 0 Å². The van der Waals surface area contributed by atoms with Crippen LogP contribution < -0.4 is 0 Å². The van der Waals surface area contributed by atoms with Crippen LogP contribution in [0.3, 0.4) is 0 Å². The molecule has 2 rings (SSSR count). The molecule has 2 heterocycles. The van der Waals surface area contributed by atoms with Crippen molar-refractivity contribution in [2.24, 2.45) is 5.92 Å². The molecule has 1 amide bonds. The number of rotatable bonds is 4. The number of H-pyrrole nitrogens is 1. The predicted molar refractivity (Wildman–Crippen MR) is 70.9 cm³/mol. The number of ether oxygens (including phenoxy) is 1. The third-order valence-corrected chi connectivity index (χ3v) is 3.69. The van der Waals surface area contributed by atoms with Crippen LogP contribution in [0, 0.1) is 5.92 Å². The van der Waals surface area contributed by atoms with Gasteiger partial charge in [-0.1, -0.05) is 13.8 Å². The van der Waals surface area contributed by atoms with Crippen molar-refractivity contribution in [2.45, 2.75) is 39.2 Å². The average Bonchev–Trinajstić information content (AvgIpc) is 2.87. The first-order valence-electron chi connectivity index (χ1n) is 6.89. The third kappa shape index (κ3) is 3.12. The fourth-order valence-corrected chi connectivity index (χ4v) is 2.41. The summed E-state index contributed by atoms with van der Waals surface area (Å²) in [6, 6.07) is 0. The Morgan fingerprint density at radius 3 is 3.05 bits per heavy atom. The van der Waals surface area contributed by atoms with Gasteiger partial charge in [0.15, 0.2) is 0 Å². The number of amides is 1. The number of piperidine rings is 1. The van der Waals surface area contributed by atoms with Gasteiger partial charge < -0.3 is 9.64 Å². The molecule has 2 atom stereocenters. The fourth-order valence-electron chi connectivity index (χ4n) is 2.41. The first kappa shape index (κ1) is 14.0. The topological polar surface area (TPSA) is 71.1 Å². The SMILES string of the molecule is CCCc1nc(C(=O)N2CCC(C)C(OC)C2)n[nH]1. The van der Waals surface area contributed by atoms with E-state index in [2.05, 4.69) is 29.0 Å². The number of carbonyl (C=O) groups excluding carboxylic acids is 1. The lowest BCUT2D eigenvalue weighted by molar-refractivity contribution is -0.00198. The lowest BCUT2D eigenvalue weighted by Gasteiger charge is -2.35. The number of aromatic nitrogens is 3. The Morgan fingerprint density at radius 2 is 2.37 bits per heavy atom. The number of carbonyl (C=O) groups is 1. The number of aryl methyl sites for hydroxylation is 1. The highest BCUT2D eigenvalue weighted by Gasteiger charge is 2.30. The second kappa shape index (κ2) is 6.14. The summed E-state index contributed by atoms with van der Waals surface area (Å²) < 4.78 is 5.42. The Kier molecular flexibility index (Phi) is 4.52. The van der Waals surface area contributed by atoms with E-state index in [-0.39, 0.29) is 17.8 Å². The molecule has 6 nitrogen and oxygen atoms in total. The average molecular weight is 266 g/mol. The van der Waals surface area contributed by atoms with Gasteiger partial charge >= 0.3 is 0 Å². The van der Waals surface area contributed by atoms with Gasteiger partial charge in [-0.15, -0.1) is 5.10 Å². The predicted octanol–water partition coefficient (Wildman–Crippen LogP) is 1.25. The molecule has 106 valence electrons. The van der Waals surface area contributed by atoms with Gasteiger partial charge in [0, 0.05) is 26.6 Å². The van der Waals surface area contributed by atoms with Crippen molar-refractivity contribution in [1.82, 2.24) is 20.1 Å². The highest BCUT2D eigenvalue weighted by molar-refractivity contribution is 5.90. The van der Waals surface area contributed by atoms with Gasteiger partial charge in [0.25, 0.3) is 5.91 Å². The molecule has 0 aromatic carbocycles. The monoisotopic (exact) mass is 266 g/mol. The van der Waals surface area contributed by atoms with Gasteiger partial charge in [-0.05, 0) is 18.8 Å². The zero-order valence-electron chi connectivity index (χ0n) is 11.8. The van der Waals surface area contributed by atoms with Gasteiger partial charge in [-0.25, -0.2) is 4.98 Å². The minimum atomic E-state index is -0.104. The molecule has 6 heteroatoms. The summed E-state index contributed by atoms with van der Waals surface area (Å²) in [6.07, 6.45) is 2.86. The number of aromatic amines is 1. The van der Waals surface area contributed by atoms with Crippen molar-refractivity contribution in [1.29, 1.82) is 0 Å². The summed E-state index contributed by atoms with van der Waals surface area (Å²) in [7, 11) is 1.70. The van der Waals surface area contributed by atoms with E-state index in [9.17, 15) is 4.79 Å². The van der Waals surface area contributed by atoms with E-state index < -0.39 is 0 Å². The second-order valence-electron chi connectivity index (χ2n) is 5.15. The van der Waals surface area contributed by atoms with E-state index in [1.807, 2.05) is 0 Å². The summed E-state index contributed by atoms with van der Waals surface area (Å²) in [4.78, 5) is 18.3. The molecule has 19 heavy (non-hydrogen) atoms. The Balaban J connectivity index is 2.02. The van der Waals surface area contributed by atoms with Gasteiger partial charge in [0.2, 0.25) is 5.82 Å². The summed E-state index contributed by atoms with van der Waals surface area (Å²) in [5.74, 6) is 1.43. The third-order valence-electron chi connectivity index (χ3n) is 3.69. The van der Waals surface area contributed by atoms with Gasteiger partial charge in [-0.3, -0.25) is 9.89 Å². The van der Waals surface area contributed by atoms with Crippen LogP contribution in [0.25, 0.3) is 0 Å². The fraction of sp³-hybridized carbons (Fsp3) is 0.769. The van der Waals surface area contributed by atoms with Crippen LogP contribution in [0.1, 0.15) is 43.1 Å². The highest BCUT2D eigenvalue weighted by Crippen LogP contribution is 2.20. The molecule has 1 aliphatic heterocycles. The molecule has 0 radical (unpaired) electrons. The lowest BCUT2D eigenvalue weighted by Crippen LogP contribution is -2.46. The number of hydrogen-bond donors (Lipinski definition) is 1. The van der Waals surface area contributed by atoms with Crippen molar-refractivity contribution in [3.05, 3.63) is 11.6 Å². The van der Waals surface area contributed by atoms with Crippen LogP contribution >= 0.6 is 0 Å². The smallest absolute Gasteiger partial charge is 0.293 e. The van der Waals surface area contributed by atoms with E-state index in [4.69, 9.17) is 4.74 Å². The minimum absolute atomic E-state index is 0.103. The molecule has 1 aromatic heterocycles. The second-order valence-corrected chi connectivity index (χ2v) is 5.15. The van der Waals surface area contributed by atoms with Crippen molar-refractivity contribution >= 4 is 5.91 Å². The van der Waals surface area contributed by atoms with E-state index in [1.165, 1.54) is 0 Å². The molecular weight excluding hydrogens is 244 g/mol. The largest absolute Gasteiger partial charge is 0.379 e. The number of nitrogens with one attached hydrogen (secondary N) is 1. The Labute approximate surface area is 113 Å². The van der Waals surface area contributed by atoms with Crippen molar-refractivity contribution in [3.63, 3.8) is 0 Å². The van der Waals surface area contributed by atoms with Crippen molar-refractivity contribution < 1.29 is 9.53 Å². The van der Waals surface area contributed by atoms with E-state index in [1.54, 1.807) is 12.0 Å². The molecular formula is C13H22N4O2. The molecule has 1 fully saturated rings. The first-order valence-corrected chi connectivity index (χ1v) is 6.89. The highest BCUT2D eigenvalue weighted by atomic mass is 16.5. The molecule has 2 unspecified atom stereocenters. The maximum atomic E-state index is 12.3. The van der Waals surface area contributed by atoms with Crippen LogP contribution in [-0.2, 0) is 11.2 Å². The molecule has 0 aliphatic carbocycles. The van der Waals surface area contributed by atoms with E-state index >= 15 is 0 Å². The molecule has 1 saturated heterocycles. The zero-order valence-corrected chi connectivity index (χ0v) is 11.8. The van der Waals surface area contributed by atoms with Gasteiger partial charge in [-0.2, -0.15) is 0 Å². The summed E-state index contributed by atoms with van der Waals surface area (Å²) >= 11 is 0. The molecule has 1 N–H and O–H groups in total. The number of hydrogen-bond acceptors (Lipinski definition) is 4. The molecule has 1 aromatic rings. The van der Waals surface area contributed by atoms with Crippen molar-refractivity contribution in [3.8, 4) is 0 Å². The number of nitrogens with zero attached hydrogens (tertiary/aromatic N) is 3. The molecule has 1 aliphatic rings. The number of likely N-dealkylation sites (tertiary alicyclic amines) is 1. The van der Waals surface area contributed by atoms with Crippen LogP contribution in [0.2, 0.25) is 0 Å². The molecule has 0 spiro atoms. The molecule has 0 saturated carbocycles. The normalized spacial score (nSPS) is 23.6. The lowest BCUT2D eigenvalue weighted by atomic mass is 9.96. The van der Waals surface area contributed by atoms with Gasteiger partial charge in [0.1, 0.15) is 5.82 Å². The quantitative estimate of drug-likeness (QED) is 0.890. The zero-order chi connectivity index (χ0) is 13.8. The summed E-state index contributed by atoms with van der Waals surface area (Å²) in [5.41, 5.74) is 0. The van der Waals surface area contributed by atoms with Crippen LogP contribution in [-0.4, -0.2) is 52.3 Å². The standard InChI is InChI=1S/C13H22N4O2/c1-4-5-11-14-12(16-15-11)13(18)17-7-6-9(2)10(8-17)19-3/h9-10H,4-8H2,1-3H3,(H,14,15,16).